The molecule has 0 unspecified atom stereocenters. The van der Waals surface area contributed by atoms with Crippen molar-refractivity contribution in [1.82, 2.24) is 9.97 Å². The van der Waals surface area contributed by atoms with Gasteiger partial charge in [0.05, 0.1) is 10.4 Å². The number of benzene rings is 1. The first kappa shape index (κ1) is 14.8. The van der Waals surface area contributed by atoms with Gasteiger partial charge in [-0.1, -0.05) is 0 Å². The van der Waals surface area contributed by atoms with Crippen LogP contribution in [0.4, 0.5) is 0 Å². The van der Waals surface area contributed by atoms with Gasteiger partial charge in [-0.2, -0.15) is 0 Å². The van der Waals surface area contributed by atoms with Gasteiger partial charge >= 0.3 is 0 Å². The molecule has 118 valence electrons. The highest BCUT2D eigenvalue weighted by Crippen LogP contribution is 2.35. The molecule has 3 heterocycles. The molecule has 0 atom stereocenters. The number of thiazole rings is 1. The molecular formula is C19H14N2O2S. The van der Waals surface area contributed by atoms with Gasteiger partial charge in [-0.25, -0.2) is 4.98 Å². The summed E-state index contributed by atoms with van der Waals surface area (Å²) >= 11 is 1.51. The summed E-state index contributed by atoms with van der Waals surface area (Å²) < 4.78 is 5.75. The van der Waals surface area contributed by atoms with E-state index in [2.05, 4.69) is 9.97 Å². The number of hydrogen-bond donors (Lipinski definition) is 0. The highest BCUT2D eigenvalue weighted by Gasteiger charge is 2.28. The van der Waals surface area contributed by atoms with Crippen molar-refractivity contribution in [3.05, 3.63) is 70.2 Å². The Labute approximate surface area is 143 Å². The van der Waals surface area contributed by atoms with Crippen molar-refractivity contribution < 1.29 is 9.53 Å². The van der Waals surface area contributed by atoms with Gasteiger partial charge in [-0.05, 0) is 49.2 Å². The lowest BCUT2D eigenvalue weighted by Crippen LogP contribution is -1.97. The molecule has 0 spiro atoms. The number of aryl methyl sites for hydroxylation is 2. The van der Waals surface area contributed by atoms with Gasteiger partial charge in [0.25, 0.3) is 0 Å². The lowest BCUT2D eigenvalue weighted by molar-refractivity contribution is 0.101. The monoisotopic (exact) mass is 334 g/mol. The number of carbonyl (C=O) groups is 1. The largest absolute Gasteiger partial charge is 0.452 e. The molecule has 0 N–H and O–H groups in total. The molecule has 0 saturated heterocycles. The van der Waals surface area contributed by atoms with Crippen LogP contribution in [0.3, 0.4) is 0 Å². The number of ether oxygens (including phenoxy) is 1. The fraction of sp³-hybridized carbons (Fsp3) is 0.105. The molecule has 5 heteroatoms. The minimum absolute atomic E-state index is 0.0769. The first-order chi connectivity index (χ1) is 11.6. The summed E-state index contributed by atoms with van der Waals surface area (Å²) in [5.74, 6) is 0.903. The molecule has 0 aliphatic carbocycles. The van der Waals surface area contributed by atoms with E-state index in [1.165, 1.54) is 11.3 Å². The molecule has 0 saturated carbocycles. The Bertz CT molecular complexity index is 974. The average Bonchev–Trinajstić information content (AvgIpc) is 3.16. The van der Waals surface area contributed by atoms with Crippen molar-refractivity contribution in [2.45, 2.75) is 13.8 Å². The lowest BCUT2D eigenvalue weighted by atomic mass is 10.0. The topological polar surface area (TPSA) is 52.1 Å². The molecular weight excluding hydrogens is 320 g/mol. The first-order valence-corrected chi connectivity index (χ1v) is 8.35. The predicted octanol–water partition coefficient (Wildman–Crippen LogP) is 4.44. The van der Waals surface area contributed by atoms with Crippen LogP contribution in [0.5, 0.6) is 5.75 Å². The molecule has 0 fully saturated rings. The van der Waals surface area contributed by atoms with Crippen molar-refractivity contribution >= 4 is 23.2 Å². The zero-order valence-electron chi connectivity index (χ0n) is 13.2. The molecule has 1 aliphatic heterocycles. The molecule has 1 aliphatic rings. The Balaban J connectivity index is 1.66. The van der Waals surface area contributed by atoms with Crippen LogP contribution in [0.15, 0.2) is 48.6 Å². The number of aromatic nitrogens is 2. The Morgan fingerprint density at radius 1 is 1.12 bits per heavy atom. The average molecular weight is 334 g/mol. The summed E-state index contributed by atoms with van der Waals surface area (Å²) in [5.41, 5.74) is 3.83. The Kier molecular flexibility index (Phi) is 3.50. The maximum atomic E-state index is 12.5. The van der Waals surface area contributed by atoms with E-state index in [-0.39, 0.29) is 5.78 Å². The van der Waals surface area contributed by atoms with E-state index in [9.17, 15) is 4.79 Å². The van der Waals surface area contributed by atoms with Crippen molar-refractivity contribution in [2.24, 2.45) is 0 Å². The highest BCUT2D eigenvalue weighted by atomic mass is 32.1. The van der Waals surface area contributed by atoms with E-state index in [4.69, 9.17) is 4.74 Å². The maximum absolute atomic E-state index is 12.5. The van der Waals surface area contributed by atoms with Crippen LogP contribution in [-0.4, -0.2) is 15.8 Å². The second-order valence-corrected chi connectivity index (χ2v) is 6.74. The van der Waals surface area contributed by atoms with Crippen LogP contribution < -0.4 is 4.74 Å². The van der Waals surface area contributed by atoms with Crippen LogP contribution in [0.1, 0.15) is 26.4 Å². The number of rotatable bonds is 2. The maximum Gasteiger partial charge on any atom is 0.232 e. The molecule has 0 bridgehead atoms. The summed E-state index contributed by atoms with van der Waals surface area (Å²) in [7, 11) is 0. The van der Waals surface area contributed by atoms with E-state index < -0.39 is 0 Å². The summed E-state index contributed by atoms with van der Waals surface area (Å²) in [4.78, 5) is 21.8. The highest BCUT2D eigenvalue weighted by molar-refractivity contribution is 7.15. The molecule has 1 aromatic carbocycles. The van der Waals surface area contributed by atoms with E-state index in [1.54, 1.807) is 24.7 Å². The normalized spacial score (nSPS) is 14.8. The van der Waals surface area contributed by atoms with Crippen LogP contribution in [-0.2, 0) is 0 Å². The molecule has 0 amide bonds. The van der Waals surface area contributed by atoms with Gasteiger partial charge in [0.15, 0.2) is 5.76 Å². The summed E-state index contributed by atoms with van der Waals surface area (Å²) in [6.45, 7) is 4.00. The molecule has 4 nitrogen and oxygen atoms in total. The molecule has 4 rings (SSSR count). The van der Waals surface area contributed by atoms with Gasteiger partial charge in [-0.15, -0.1) is 11.3 Å². The minimum atomic E-state index is -0.0769. The third kappa shape index (κ3) is 2.53. The van der Waals surface area contributed by atoms with Crippen molar-refractivity contribution in [1.29, 1.82) is 0 Å². The van der Waals surface area contributed by atoms with Gasteiger partial charge in [-0.3, -0.25) is 9.78 Å². The minimum Gasteiger partial charge on any atom is -0.452 e. The quantitative estimate of drug-likeness (QED) is 0.650. The standard InChI is InChI=1S/C19H14N2O2S/c1-11-7-15-16(8-12(11)2)23-17(18(15)22)9-14-10-21-19(24-14)13-3-5-20-6-4-13/h3-10H,1-2H3/b17-9-. The van der Waals surface area contributed by atoms with Gasteiger partial charge < -0.3 is 4.74 Å². The van der Waals surface area contributed by atoms with Crippen LogP contribution in [0, 0.1) is 13.8 Å². The Hall–Kier alpha value is -2.79. The molecule has 0 radical (unpaired) electrons. The number of carbonyl (C=O) groups excluding carboxylic acids is 1. The zero-order valence-corrected chi connectivity index (χ0v) is 14.1. The van der Waals surface area contributed by atoms with E-state index in [1.807, 2.05) is 38.1 Å². The zero-order chi connectivity index (χ0) is 16.7. The summed E-state index contributed by atoms with van der Waals surface area (Å²) in [6.07, 6.45) is 6.98. The molecule has 24 heavy (non-hydrogen) atoms. The first-order valence-electron chi connectivity index (χ1n) is 7.53. The smallest absolute Gasteiger partial charge is 0.232 e. The van der Waals surface area contributed by atoms with Crippen LogP contribution >= 0.6 is 11.3 Å². The second-order valence-electron chi connectivity index (χ2n) is 5.68. The number of nitrogens with zero attached hydrogens (tertiary/aromatic N) is 2. The number of ketones is 1. The number of hydrogen-bond acceptors (Lipinski definition) is 5. The summed E-state index contributed by atoms with van der Waals surface area (Å²) in [5, 5.41) is 0.888. The Morgan fingerprint density at radius 2 is 1.88 bits per heavy atom. The van der Waals surface area contributed by atoms with Gasteiger partial charge in [0, 0.05) is 30.2 Å². The van der Waals surface area contributed by atoms with Crippen molar-refractivity contribution in [3.8, 4) is 16.3 Å². The second kappa shape index (κ2) is 5.69. The van der Waals surface area contributed by atoms with Crippen LogP contribution in [0.2, 0.25) is 0 Å². The third-order valence-corrected chi connectivity index (χ3v) is 5.00. The van der Waals surface area contributed by atoms with E-state index in [0.29, 0.717) is 17.1 Å². The number of fused-ring (bicyclic) bond motifs is 1. The fourth-order valence-electron chi connectivity index (χ4n) is 2.55. The van der Waals surface area contributed by atoms with Gasteiger partial charge in [0.1, 0.15) is 10.8 Å². The lowest BCUT2D eigenvalue weighted by Gasteiger charge is -2.02. The summed E-state index contributed by atoms with van der Waals surface area (Å²) in [6, 6.07) is 7.63. The third-order valence-electron chi connectivity index (χ3n) is 4.01. The van der Waals surface area contributed by atoms with Crippen molar-refractivity contribution in [3.63, 3.8) is 0 Å². The van der Waals surface area contributed by atoms with Crippen LogP contribution in [0.25, 0.3) is 16.6 Å². The van der Waals surface area contributed by atoms with E-state index in [0.717, 1.165) is 26.6 Å². The predicted molar refractivity (Wildman–Crippen MR) is 94.2 cm³/mol. The Morgan fingerprint density at radius 3 is 2.67 bits per heavy atom. The molecule has 3 aromatic rings. The molecule has 2 aromatic heterocycles. The number of allylic oxidation sites excluding steroid dienone is 1. The number of pyridine rings is 1. The van der Waals surface area contributed by atoms with Gasteiger partial charge in [0.2, 0.25) is 5.78 Å². The van der Waals surface area contributed by atoms with E-state index >= 15 is 0 Å². The SMILES string of the molecule is Cc1cc2c(cc1C)C(=O)/C(=C/c1cnc(-c3ccncc3)s1)O2. The fourth-order valence-corrected chi connectivity index (χ4v) is 3.41. The number of Topliss-reactive ketones (excluding diaryl/α,β-unsaturated/α-hetero) is 1. The van der Waals surface area contributed by atoms with Crippen molar-refractivity contribution in [2.75, 3.05) is 0 Å².